The summed E-state index contributed by atoms with van der Waals surface area (Å²) in [6.45, 7) is -0.781. The fraction of sp³-hybridized carbons (Fsp3) is 0.300. The van der Waals surface area contributed by atoms with Crippen molar-refractivity contribution in [3.05, 3.63) is 23.2 Å². The van der Waals surface area contributed by atoms with Gasteiger partial charge in [-0.15, -0.1) is 0 Å². The number of carboxylic acid groups (broad SMARTS) is 1. The van der Waals surface area contributed by atoms with Crippen molar-refractivity contribution in [3.8, 4) is 0 Å². The Morgan fingerprint density at radius 2 is 1.90 bits per heavy atom. The Morgan fingerprint density at radius 1 is 1.33 bits per heavy atom. The molecule has 3 N–H and O–H groups in total. The standard InChI is InChI=1S/C10H12ClNO7S2/c1-20(16,17)6-2-3-7(11)9(4-6)21(18,19)12-5-8(13)10(14)15/h2-4,8,12-13H,5H2,1H3,(H,14,15)/t8-/m0/s1. The summed E-state index contributed by atoms with van der Waals surface area (Å²) >= 11 is 5.72. The van der Waals surface area contributed by atoms with Crippen molar-refractivity contribution in [2.75, 3.05) is 12.8 Å². The number of aliphatic hydroxyl groups excluding tert-OH is 1. The molecule has 0 unspecified atom stereocenters. The molecule has 21 heavy (non-hydrogen) atoms. The van der Waals surface area contributed by atoms with Crippen LogP contribution in [0.2, 0.25) is 5.02 Å². The molecule has 0 amide bonds. The molecule has 11 heteroatoms. The zero-order chi connectivity index (χ0) is 16.4. The van der Waals surface area contributed by atoms with Gasteiger partial charge in [-0.2, -0.15) is 0 Å². The van der Waals surface area contributed by atoms with E-state index in [-0.39, 0.29) is 9.92 Å². The molecule has 0 saturated carbocycles. The summed E-state index contributed by atoms with van der Waals surface area (Å²) in [6.07, 6.45) is -1.04. The molecule has 0 aliphatic carbocycles. The number of benzene rings is 1. The first-order valence-electron chi connectivity index (χ1n) is 5.35. The molecule has 0 aliphatic heterocycles. The molecular weight excluding hydrogens is 346 g/mol. The number of sulfone groups is 1. The number of aliphatic hydroxyl groups is 1. The van der Waals surface area contributed by atoms with Gasteiger partial charge in [0.2, 0.25) is 10.0 Å². The van der Waals surface area contributed by atoms with Gasteiger partial charge in [0.1, 0.15) is 4.90 Å². The van der Waals surface area contributed by atoms with Crippen LogP contribution in [0.5, 0.6) is 0 Å². The van der Waals surface area contributed by atoms with Crippen molar-refractivity contribution in [1.82, 2.24) is 4.72 Å². The van der Waals surface area contributed by atoms with Gasteiger partial charge in [-0.05, 0) is 18.2 Å². The van der Waals surface area contributed by atoms with E-state index in [0.717, 1.165) is 24.5 Å². The predicted molar refractivity (Wildman–Crippen MR) is 73.4 cm³/mol. The summed E-state index contributed by atoms with van der Waals surface area (Å²) in [7, 11) is -7.91. The summed E-state index contributed by atoms with van der Waals surface area (Å²) in [4.78, 5) is 9.63. The molecular formula is C10H12ClNO7S2. The Hall–Kier alpha value is -1.20. The molecule has 0 spiro atoms. The molecule has 0 fully saturated rings. The minimum atomic E-state index is -4.27. The Bertz CT molecular complexity index is 758. The van der Waals surface area contributed by atoms with E-state index in [1.165, 1.54) is 0 Å². The van der Waals surface area contributed by atoms with Gasteiger partial charge in [0.15, 0.2) is 15.9 Å². The fourth-order valence-corrected chi connectivity index (χ4v) is 3.56. The lowest BCUT2D eigenvalue weighted by Crippen LogP contribution is -2.36. The molecule has 1 atom stereocenters. The van der Waals surface area contributed by atoms with E-state index < -0.39 is 43.4 Å². The average Bonchev–Trinajstić information content (AvgIpc) is 2.34. The summed E-state index contributed by atoms with van der Waals surface area (Å²) in [6, 6.07) is 3.09. The third kappa shape index (κ3) is 4.64. The van der Waals surface area contributed by atoms with E-state index in [2.05, 4.69) is 0 Å². The zero-order valence-corrected chi connectivity index (χ0v) is 13.0. The lowest BCUT2D eigenvalue weighted by atomic mass is 10.4. The molecule has 1 rings (SSSR count). The SMILES string of the molecule is CS(=O)(=O)c1ccc(Cl)c(S(=O)(=O)NC[C@H](O)C(=O)O)c1. The Balaban J connectivity index is 3.17. The van der Waals surface area contributed by atoms with Gasteiger partial charge < -0.3 is 10.2 Å². The number of carboxylic acids is 1. The maximum Gasteiger partial charge on any atom is 0.333 e. The molecule has 118 valence electrons. The van der Waals surface area contributed by atoms with Crippen LogP contribution in [0.15, 0.2) is 28.0 Å². The van der Waals surface area contributed by atoms with Gasteiger partial charge in [-0.1, -0.05) is 11.6 Å². The first-order chi connectivity index (χ1) is 9.45. The highest BCUT2D eigenvalue weighted by molar-refractivity contribution is 7.91. The van der Waals surface area contributed by atoms with Gasteiger partial charge in [-0.3, -0.25) is 0 Å². The number of sulfonamides is 1. The minimum Gasteiger partial charge on any atom is -0.479 e. The number of hydrogen-bond donors (Lipinski definition) is 3. The summed E-state index contributed by atoms with van der Waals surface area (Å²) < 4.78 is 48.6. The third-order valence-corrected chi connectivity index (χ3v) is 5.39. The highest BCUT2D eigenvalue weighted by Crippen LogP contribution is 2.24. The van der Waals surface area contributed by atoms with Crippen LogP contribution in [0, 0.1) is 0 Å². The third-order valence-electron chi connectivity index (χ3n) is 2.37. The van der Waals surface area contributed by atoms with Crippen LogP contribution < -0.4 is 4.72 Å². The molecule has 0 aliphatic rings. The van der Waals surface area contributed by atoms with Gasteiger partial charge in [0.25, 0.3) is 0 Å². The normalized spacial score (nSPS) is 13.9. The van der Waals surface area contributed by atoms with Gasteiger partial charge >= 0.3 is 5.97 Å². The first-order valence-corrected chi connectivity index (χ1v) is 9.10. The second-order valence-electron chi connectivity index (χ2n) is 4.07. The lowest BCUT2D eigenvalue weighted by Gasteiger charge is -2.11. The van der Waals surface area contributed by atoms with Crippen LogP contribution in [0.1, 0.15) is 0 Å². The minimum absolute atomic E-state index is 0.236. The summed E-state index contributed by atoms with van der Waals surface area (Å²) in [5.41, 5.74) is 0. The molecule has 0 radical (unpaired) electrons. The van der Waals surface area contributed by atoms with Crippen LogP contribution in [-0.2, 0) is 24.7 Å². The quantitative estimate of drug-likeness (QED) is 0.622. The van der Waals surface area contributed by atoms with Crippen molar-refractivity contribution in [1.29, 1.82) is 0 Å². The van der Waals surface area contributed by atoms with E-state index in [0.29, 0.717) is 0 Å². The van der Waals surface area contributed by atoms with E-state index >= 15 is 0 Å². The smallest absolute Gasteiger partial charge is 0.333 e. The van der Waals surface area contributed by atoms with Crippen molar-refractivity contribution < 1.29 is 31.8 Å². The van der Waals surface area contributed by atoms with E-state index in [1.807, 2.05) is 4.72 Å². The van der Waals surface area contributed by atoms with E-state index in [1.54, 1.807) is 0 Å². The van der Waals surface area contributed by atoms with Crippen LogP contribution >= 0.6 is 11.6 Å². The second kappa shape index (κ2) is 6.28. The van der Waals surface area contributed by atoms with Crippen LogP contribution in [0.4, 0.5) is 0 Å². The molecule has 0 heterocycles. The van der Waals surface area contributed by atoms with Crippen molar-refractivity contribution in [2.24, 2.45) is 0 Å². The monoisotopic (exact) mass is 357 g/mol. The first kappa shape index (κ1) is 17.9. The number of hydrogen-bond acceptors (Lipinski definition) is 6. The number of carbonyl (C=O) groups is 1. The summed E-state index contributed by atoms with van der Waals surface area (Å²) in [5.74, 6) is -1.60. The summed E-state index contributed by atoms with van der Waals surface area (Å²) in [5, 5.41) is 17.3. The highest BCUT2D eigenvalue weighted by atomic mass is 35.5. The van der Waals surface area contributed by atoms with Gasteiger partial charge in [0.05, 0.1) is 9.92 Å². The number of halogens is 1. The zero-order valence-electron chi connectivity index (χ0n) is 10.6. The van der Waals surface area contributed by atoms with Crippen LogP contribution in [0.3, 0.4) is 0 Å². The number of rotatable bonds is 6. The largest absolute Gasteiger partial charge is 0.479 e. The van der Waals surface area contributed by atoms with Gasteiger partial charge in [0, 0.05) is 12.8 Å². The molecule has 0 bridgehead atoms. The number of nitrogens with one attached hydrogen (secondary N) is 1. The van der Waals surface area contributed by atoms with Crippen LogP contribution in [-0.4, -0.2) is 51.9 Å². The van der Waals surface area contributed by atoms with Crippen molar-refractivity contribution in [2.45, 2.75) is 15.9 Å². The fourth-order valence-electron chi connectivity index (χ4n) is 1.27. The molecule has 0 saturated heterocycles. The maximum atomic E-state index is 12.0. The Morgan fingerprint density at radius 3 is 2.38 bits per heavy atom. The van der Waals surface area contributed by atoms with Crippen molar-refractivity contribution in [3.63, 3.8) is 0 Å². The number of aliphatic carboxylic acids is 1. The average molecular weight is 358 g/mol. The molecule has 1 aromatic rings. The Labute approximate surface area is 126 Å². The highest BCUT2D eigenvalue weighted by Gasteiger charge is 2.23. The topological polar surface area (TPSA) is 138 Å². The molecule has 1 aromatic carbocycles. The Kier molecular flexibility index (Phi) is 5.34. The van der Waals surface area contributed by atoms with Crippen molar-refractivity contribution >= 4 is 37.4 Å². The maximum absolute atomic E-state index is 12.0. The molecule has 0 aromatic heterocycles. The van der Waals surface area contributed by atoms with Gasteiger partial charge in [-0.25, -0.2) is 26.4 Å². The van der Waals surface area contributed by atoms with E-state index in [9.17, 15) is 21.6 Å². The second-order valence-corrected chi connectivity index (χ2v) is 8.23. The van der Waals surface area contributed by atoms with Crippen LogP contribution in [0.25, 0.3) is 0 Å². The lowest BCUT2D eigenvalue weighted by molar-refractivity contribution is -0.146. The molecule has 8 nitrogen and oxygen atoms in total. The predicted octanol–water partition coefficient (Wildman–Crippen LogP) is -0.533. The van der Waals surface area contributed by atoms with E-state index in [4.69, 9.17) is 21.8 Å².